The van der Waals surface area contributed by atoms with Gasteiger partial charge >= 0.3 is 12.1 Å². The van der Waals surface area contributed by atoms with E-state index in [0.717, 1.165) is 6.08 Å². The molecular weight excluding hydrogens is 210 g/mol. The van der Waals surface area contributed by atoms with E-state index in [9.17, 15) is 9.59 Å². The zero-order valence-corrected chi connectivity index (χ0v) is 10.3. The third-order valence-electron chi connectivity index (χ3n) is 1.54. The van der Waals surface area contributed by atoms with Crippen LogP contribution < -0.4 is 0 Å². The van der Waals surface area contributed by atoms with Crippen LogP contribution in [-0.2, 0) is 14.3 Å². The molecule has 0 saturated heterocycles. The summed E-state index contributed by atoms with van der Waals surface area (Å²) in [7, 11) is 1.58. The molecule has 5 nitrogen and oxygen atoms in total. The zero-order chi connectivity index (χ0) is 12.8. The van der Waals surface area contributed by atoms with Crippen LogP contribution in [0.2, 0.25) is 0 Å². The monoisotopic (exact) mass is 229 g/mol. The molecule has 0 aliphatic rings. The molecule has 0 fully saturated rings. The topological polar surface area (TPSA) is 55.8 Å². The molecule has 0 aliphatic carbocycles. The molecule has 0 heterocycles. The van der Waals surface area contributed by atoms with Crippen molar-refractivity contribution in [1.82, 2.24) is 4.90 Å². The predicted octanol–water partition coefficient (Wildman–Crippen LogP) is 1.58. The van der Waals surface area contributed by atoms with Crippen molar-refractivity contribution in [2.45, 2.75) is 26.4 Å². The van der Waals surface area contributed by atoms with E-state index >= 15 is 0 Å². The van der Waals surface area contributed by atoms with E-state index in [1.807, 2.05) is 0 Å². The van der Waals surface area contributed by atoms with Crippen molar-refractivity contribution < 1.29 is 19.1 Å². The number of esters is 1. The Bertz CT molecular complexity index is 268. The van der Waals surface area contributed by atoms with Gasteiger partial charge in [-0.25, -0.2) is 9.59 Å². The second kappa shape index (κ2) is 6.15. The average Bonchev–Trinajstić information content (AvgIpc) is 2.14. The summed E-state index contributed by atoms with van der Waals surface area (Å²) in [4.78, 5) is 23.5. The van der Waals surface area contributed by atoms with Gasteiger partial charge in [-0.15, -0.1) is 0 Å². The Morgan fingerprint density at radius 1 is 1.38 bits per heavy atom. The van der Waals surface area contributed by atoms with Gasteiger partial charge in [-0.05, 0) is 20.8 Å². The van der Waals surface area contributed by atoms with Crippen LogP contribution >= 0.6 is 0 Å². The van der Waals surface area contributed by atoms with Crippen molar-refractivity contribution in [3.8, 4) is 0 Å². The normalized spacial score (nSPS) is 10.5. The number of rotatable bonds is 4. The highest BCUT2D eigenvalue weighted by atomic mass is 16.6. The van der Waals surface area contributed by atoms with Crippen molar-refractivity contribution in [2.75, 3.05) is 20.2 Å². The number of hydrogen-bond donors (Lipinski definition) is 0. The van der Waals surface area contributed by atoms with E-state index < -0.39 is 17.7 Å². The largest absolute Gasteiger partial charge is 0.461 e. The molecule has 0 aromatic heterocycles. The lowest BCUT2D eigenvalue weighted by Crippen LogP contribution is -2.36. The number of carbonyl (C=O) groups excluding carboxylic acids is 2. The third kappa shape index (κ3) is 6.86. The van der Waals surface area contributed by atoms with E-state index in [0.29, 0.717) is 0 Å². The zero-order valence-electron chi connectivity index (χ0n) is 10.3. The molecule has 92 valence electrons. The van der Waals surface area contributed by atoms with Gasteiger partial charge in [-0.2, -0.15) is 0 Å². The Morgan fingerprint density at radius 3 is 2.38 bits per heavy atom. The second-order valence-corrected chi connectivity index (χ2v) is 4.27. The molecule has 0 radical (unpaired) electrons. The average molecular weight is 229 g/mol. The molecule has 0 N–H and O–H groups in total. The highest BCUT2D eigenvalue weighted by Crippen LogP contribution is 2.08. The van der Waals surface area contributed by atoms with Crippen LogP contribution in [0.15, 0.2) is 12.7 Å². The number of ether oxygens (including phenoxy) is 2. The highest BCUT2D eigenvalue weighted by Gasteiger charge is 2.19. The van der Waals surface area contributed by atoms with Crippen molar-refractivity contribution in [3.05, 3.63) is 12.7 Å². The minimum atomic E-state index is -0.525. The van der Waals surface area contributed by atoms with E-state index in [1.165, 1.54) is 4.90 Å². The summed E-state index contributed by atoms with van der Waals surface area (Å²) in [6.07, 6.45) is 0.634. The van der Waals surface area contributed by atoms with Crippen molar-refractivity contribution >= 4 is 12.1 Å². The minimum Gasteiger partial charge on any atom is -0.461 e. The molecule has 16 heavy (non-hydrogen) atoms. The molecule has 0 saturated carbocycles. The number of amides is 1. The van der Waals surface area contributed by atoms with Gasteiger partial charge < -0.3 is 14.4 Å². The summed E-state index contributed by atoms with van der Waals surface area (Å²) in [6, 6.07) is 0. The SMILES string of the molecule is C=CC(=O)OCCN(C)C(=O)OC(C)(C)C. The van der Waals surface area contributed by atoms with Crippen LogP contribution in [0.4, 0.5) is 4.79 Å². The second-order valence-electron chi connectivity index (χ2n) is 4.27. The van der Waals surface area contributed by atoms with Crippen LogP contribution in [0, 0.1) is 0 Å². The van der Waals surface area contributed by atoms with E-state index in [1.54, 1.807) is 27.8 Å². The van der Waals surface area contributed by atoms with E-state index in [2.05, 4.69) is 6.58 Å². The molecule has 0 aliphatic heterocycles. The van der Waals surface area contributed by atoms with E-state index in [-0.39, 0.29) is 13.2 Å². The Morgan fingerprint density at radius 2 is 1.94 bits per heavy atom. The summed E-state index contributed by atoms with van der Waals surface area (Å²) in [6.45, 7) is 9.04. The van der Waals surface area contributed by atoms with Gasteiger partial charge in [0, 0.05) is 13.1 Å². The summed E-state index contributed by atoms with van der Waals surface area (Å²) < 4.78 is 9.85. The molecule has 5 heteroatoms. The Hall–Kier alpha value is -1.52. The van der Waals surface area contributed by atoms with Crippen molar-refractivity contribution in [2.24, 2.45) is 0 Å². The summed E-state index contributed by atoms with van der Waals surface area (Å²) >= 11 is 0. The lowest BCUT2D eigenvalue weighted by atomic mass is 10.2. The third-order valence-corrected chi connectivity index (χ3v) is 1.54. The lowest BCUT2D eigenvalue weighted by Gasteiger charge is -2.24. The van der Waals surface area contributed by atoms with Gasteiger partial charge in [0.05, 0.1) is 6.54 Å². The van der Waals surface area contributed by atoms with Crippen LogP contribution in [0.3, 0.4) is 0 Å². The molecule has 0 aromatic rings. The maximum Gasteiger partial charge on any atom is 0.410 e. The minimum absolute atomic E-state index is 0.126. The summed E-state index contributed by atoms with van der Waals surface area (Å²) in [5.41, 5.74) is -0.525. The summed E-state index contributed by atoms with van der Waals surface area (Å²) in [5.74, 6) is -0.502. The highest BCUT2D eigenvalue weighted by molar-refractivity contribution is 5.81. The van der Waals surface area contributed by atoms with Crippen LogP contribution in [0.25, 0.3) is 0 Å². The smallest absolute Gasteiger partial charge is 0.410 e. The molecule has 0 rings (SSSR count). The fraction of sp³-hybridized carbons (Fsp3) is 0.636. The van der Waals surface area contributed by atoms with Gasteiger partial charge in [-0.3, -0.25) is 0 Å². The molecule has 0 spiro atoms. The van der Waals surface area contributed by atoms with Crippen molar-refractivity contribution in [3.63, 3.8) is 0 Å². The predicted molar refractivity (Wildman–Crippen MR) is 60.0 cm³/mol. The maximum atomic E-state index is 11.4. The Balaban J connectivity index is 3.88. The van der Waals surface area contributed by atoms with Crippen LogP contribution in [0.1, 0.15) is 20.8 Å². The molecular formula is C11H19NO4. The van der Waals surface area contributed by atoms with Gasteiger partial charge in [-0.1, -0.05) is 6.58 Å². The van der Waals surface area contributed by atoms with Gasteiger partial charge in [0.1, 0.15) is 12.2 Å². The lowest BCUT2D eigenvalue weighted by molar-refractivity contribution is -0.138. The number of hydrogen-bond acceptors (Lipinski definition) is 4. The molecule has 0 bridgehead atoms. The first-order chi connectivity index (χ1) is 7.26. The first kappa shape index (κ1) is 14.5. The number of carbonyl (C=O) groups is 2. The fourth-order valence-electron chi connectivity index (χ4n) is 0.773. The fourth-order valence-corrected chi connectivity index (χ4v) is 0.773. The van der Waals surface area contributed by atoms with Crippen LogP contribution in [-0.4, -0.2) is 42.8 Å². The first-order valence-electron chi connectivity index (χ1n) is 4.99. The Labute approximate surface area is 96.0 Å². The maximum absolute atomic E-state index is 11.4. The number of likely N-dealkylation sites (N-methyl/N-ethyl adjacent to an activating group) is 1. The molecule has 1 amide bonds. The van der Waals surface area contributed by atoms with Gasteiger partial charge in [0.15, 0.2) is 0 Å². The number of nitrogens with zero attached hydrogens (tertiary/aromatic N) is 1. The summed E-state index contributed by atoms with van der Waals surface area (Å²) in [5, 5.41) is 0. The van der Waals surface area contributed by atoms with Crippen molar-refractivity contribution in [1.29, 1.82) is 0 Å². The van der Waals surface area contributed by atoms with E-state index in [4.69, 9.17) is 9.47 Å². The standard InChI is InChI=1S/C11H19NO4/c1-6-9(13)15-8-7-12(5)10(14)16-11(2,3)4/h6H,1,7-8H2,2-5H3. The quantitative estimate of drug-likeness (QED) is 0.542. The molecule has 0 aromatic carbocycles. The molecule has 0 atom stereocenters. The van der Waals surface area contributed by atoms with Gasteiger partial charge in [0.2, 0.25) is 0 Å². The molecule has 0 unspecified atom stereocenters. The van der Waals surface area contributed by atoms with Gasteiger partial charge in [0.25, 0.3) is 0 Å². The first-order valence-corrected chi connectivity index (χ1v) is 4.99. The Kier molecular flexibility index (Phi) is 5.56. The van der Waals surface area contributed by atoms with Crippen LogP contribution in [0.5, 0.6) is 0 Å².